The molecule has 0 atom stereocenters. The third-order valence-corrected chi connectivity index (χ3v) is 3.36. The third-order valence-electron chi connectivity index (χ3n) is 2.76. The predicted octanol–water partition coefficient (Wildman–Crippen LogP) is 4.43. The maximum absolute atomic E-state index is 13.3. The van der Waals surface area contributed by atoms with Crippen LogP contribution in [0.3, 0.4) is 0 Å². The Bertz CT molecular complexity index is 604. The number of rotatable bonds is 5. The van der Waals surface area contributed by atoms with Gasteiger partial charge in [-0.15, -0.1) is 0 Å². The predicted molar refractivity (Wildman–Crippen MR) is 80.0 cm³/mol. The van der Waals surface area contributed by atoms with Crippen molar-refractivity contribution in [2.24, 2.45) is 0 Å². The number of hydrogen-bond acceptors (Lipinski definition) is 2. The number of nitrogens with one attached hydrogen (secondary N) is 1. The van der Waals surface area contributed by atoms with E-state index in [1.165, 1.54) is 12.1 Å². The molecule has 0 bridgehead atoms. The Morgan fingerprint density at radius 1 is 1.05 bits per heavy atom. The third kappa shape index (κ3) is 3.85. The first-order valence-corrected chi connectivity index (χ1v) is 6.85. The van der Waals surface area contributed by atoms with Crippen molar-refractivity contribution in [3.8, 4) is 5.75 Å². The SMILES string of the molecule is CNCc1ccc(OCc2ccc(Cl)c(F)c2)c(Cl)c1. The molecule has 2 nitrogen and oxygen atoms in total. The second-order valence-electron chi connectivity index (χ2n) is 4.33. The van der Waals surface area contributed by atoms with E-state index >= 15 is 0 Å². The fourth-order valence-electron chi connectivity index (χ4n) is 1.77. The minimum Gasteiger partial charge on any atom is -0.487 e. The summed E-state index contributed by atoms with van der Waals surface area (Å²) in [6.07, 6.45) is 0. The molecule has 0 aromatic heterocycles. The summed E-state index contributed by atoms with van der Waals surface area (Å²) < 4.78 is 18.9. The molecule has 0 aliphatic rings. The van der Waals surface area contributed by atoms with Crippen molar-refractivity contribution in [2.75, 3.05) is 7.05 Å². The van der Waals surface area contributed by atoms with Crippen molar-refractivity contribution < 1.29 is 9.13 Å². The first-order valence-electron chi connectivity index (χ1n) is 6.10. The van der Waals surface area contributed by atoms with Gasteiger partial charge in [0.2, 0.25) is 0 Å². The van der Waals surface area contributed by atoms with Crippen LogP contribution in [0.4, 0.5) is 4.39 Å². The minimum atomic E-state index is -0.455. The maximum Gasteiger partial charge on any atom is 0.142 e. The molecule has 0 amide bonds. The fourth-order valence-corrected chi connectivity index (χ4v) is 2.14. The van der Waals surface area contributed by atoms with Crippen LogP contribution >= 0.6 is 23.2 Å². The average molecular weight is 314 g/mol. The molecule has 0 fully saturated rings. The second-order valence-corrected chi connectivity index (χ2v) is 5.15. The Hall–Kier alpha value is -1.29. The number of hydrogen-bond donors (Lipinski definition) is 1. The number of halogens is 3. The van der Waals surface area contributed by atoms with Gasteiger partial charge in [-0.25, -0.2) is 4.39 Å². The molecule has 0 radical (unpaired) electrons. The molecular weight excluding hydrogens is 300 g/mol. The molecule has 0 saturated carbocycles. The van der Waals surface area contributed by atoms with E-state index in [1.54, 1.807) is 12.1 Å². The molecule has 2 aromatic rings. The van der Waals surface area contributed by atoms with Crippen LogP contribution in [0.15, 0.2) is 36.4 Å². The van der Waals surface area contributed by atoms with Gasteiger partial charge >= 0.3 is 0 Å². The highest BCUT2D eigenvalue weighted by Gasteiger charge is 2.05. The van der Waals surface area contributed by atoms with E-state index in [0.717, 1.165) is 12.1 Å². The molecule has 0 spiro atoms. The van der Waals surface area contributed by atoms with E-state index in [-0.39, 0.29) is 11.6 Å². The molecule has 2 aromatic carbocycles. The van der Waals surface area contributed by atoms with Crippen molar-refractivity contribution in [3.63, 3.8) is 0 Å². The highest BCUT2D eigenvalue weighted by atomic mass is 35.5. The fraction of sp³-hybridized carbons (Fsp3) is 0.200. The van der Waals surface area contributed by atoms with Crippen molar-refractivity contribution >= 4 is 23.2 Å². The zero-order valence-electron chi connectivity index (χ0n) is 10.9. The Morgan fingerprint density at radius 2 is 1.80 bits per heavy atom. The maximum atomic E-state index is 13.3. The van der Waals surface area contributed by atoms with Gasteiger partial charge in [0.1, 0.15) is 18.2 Å². The molecule has 2 rings (SSSR count). The lowest BCUT2D eigenvalue weighted by Crippen LogP contribution is -2.05. The Labute approximate surface area is 127 Å². The molecular formula is C15H14Cl2FNO. The van der Waals surface area contributed by atoms with Gasteiger partial charge in [-0.05, 0) is 42.4 Å². The van der Waals surface area contributed by atoms with E-state index in [2.05, 4.69) is 5.32 Å². The summed E-state index contributed by atoms with van der Waals surface area (Å²) >= 11 is 11.8. The molecule has 20 heavy (non-hydrogen) atoms. The Kier molecular flexibility index (Phi) is 5.24. The summed E-state index contributed by atoms with van der Waals surface area (Å²) in [7, 11) is 1.87. The van der Waals surface area contributed by atoms with E-state index in [1.807, 2.05) is 19.2 Å². The zero-order chi connectivity index (χ0) is 14.5. The molecule has 0 saturated heterocycles. The Balaban J connectivity index is 2.05. The minimum absolute atomic E-state index is 0.100. The van der Waals surface area contributed by atoms with Crippen LogP contribution in [0.25, 0.3) is 0 Å². The molecule has 5 heteroatoms. The lowest BCUT2D eigenvalue weighted by Gasteiger charge is -2.10. The van der Waals surface area contributed by atoms with Gasteiger partial charge in [-0.1, -0.05) is 35.3 Å². The molecule has 0 unspecified atom stereocenters. The normalized spacial score (nSPS) is 10.6. The van der Waals surface area contributed by atoms with Gasteiger partial charge in [-0.3, -0.25) is 0 Å². The highest BCUT2D eigenvalue weighted by Crippen LogP contribution is 2.26. The van der Waals surface area contributed by atoms with E-state index in [4.69, 9.17) is 27.9 Å². The Morgan fingerprint density at radius 3 is 2.45 bits per heavy atom. The van der Waals surface area contributed by atoms with Gasteiger partial charge in [0, 0.05) is 6.54 Å². The largest absolute Gasteiger partial charge is 0.487 e. The smallest absolute Gasteiger partial charge is 0.142 e. The topological polar surface area (TPSA) is 21.3 Å². The summed E-state index contributed by atoms with van der Waals surface area (Å²) in [6.45, 7) is 0.974. The van der Waals surface area contributed by atoms with Crippen molar-refractivity contribution in [1.29, 1.82) is 0 Å². The van der Waals surface area contributed by atoms with Gasteiger partial charge in [0.25, 0.3) is 0 Å². The summed E-state index contributed by atoms with van der Waals surface area (Å²) in [4.78, 5) is 0. The van der Waals surface area contributed by atoms with Crippen LogP contribution in [0.2, 0.25) is 10.0 Å². The van der Waals surface area contributed by atoms with Gasteiger partial charge in [0.05, 0.1) is 10.0 Å². The average Bonchev–Trinajstić information content (AvgIpc) is 2.42. The molecule has 0 aliphatic carbocycles. The van der Waals surface area contributed by atoms with Crippen LogP contribution in [-0.2, 0) is 13.2 Å². The van der Waals surface area contributed by atoms with Crippen molar-refractivity contribution in [1.82, 2.24) is 5.32 Å². The van der Waals surface area contributed by atoms with E-state index < -0.39 is 5.82 Å². The summed E-state index contributed by atoms with van der Waals surface area (Å²) in [5.41, 5.74) is 1.77. The quantitative estimate of drug-likeness (QED) is 0.881. The number of benzene rings is 2. The van der Waals surface area contributed by atoms with Gasteiger partial charge in [-0.2, -0.15) is 0 Å². The standard InChI is InChI=1S/C15H14Cl2FNO/c1-19-8-10-3-5-15(13(17)6-10)20-9-11-2-4-12(16)14(18)7-11/h2-7,19H,8-9H2,1H3. The lowest BCUT2D eigenvalue weighted by molar-refractivity contribution is 0.305. The molecule has 0 aliphatic heterocycles. The first kappa shape index (κ1) is 15.1. The van der Waals surface area contributed by atoms with Gasteiger partial charge < -0.3 is 10.1 Å². The molecule has 0 heterocycles. The van der Waals surface area contributed by atoms with Crippen LogP contribution < -0.4 is 10.1 Å². The van der Waals surface area contributed by atoms with Crippen LogP contribution in [0.5, 0.6) is 5.75 Å². The van der Waals surface area contributed by atoms with Crippen LogP contribution in [0, 0.1) is 5.82 Å². The summed E-state index contributed by atoms with van der Waals surface area (Å²) in [5, 5.41) is 3.68. The zero-order valence-corrected chi connectivity index (χ0v) is 12.4. The summed E-state index contributed by atoms with van der Waals surface area (Å²) in [5.74, 6) is 0.116. The number of ether oxygens (including phenoxy) is 1. The summed E-state index contributed by atoms with van der Waals surface area (Å²) in [6, 6.07) is 10.2. The second kappa shape index (κ2) is 6.93. The van der Waals surface area contributed by atoms with Crippen LogP contribution in [-0.4, -0.2) is 7.05 Å². The molecule has 106 valence electrons. The van der Waals surface area contributed by atoms with Crippen molar-refractivity contribution in [2.45, 2.75) is 13.2 Å². The van der Waals surface area contributed by atoms with Crippen molar-refractivity contribution in [3.05, 3.63) is 63.4 Å². The van der Waals surface area contributed by atoms with E-state index in [9.17, 15) is 4.39 Å². The highest BCUT2D eigenvalue weighted by molar-refractivity contribution is 6.32. The lowest BCUT2D eigenvalue weighted by atomic mass is 10.2. The first-order chi connectivity index (χ1) is 9.60. The molecule has 1 N–H and O–H groups in total. The monoisotopic (exact) mass is 313 g/mol. The van der Waals surface area contributed by atoms with E-state index in [0.29, 0.717) is 16.3 Å². The van der Waals surface area contributed by atoms with Crippen LogP contribution in [0.1, 0.15) is 11.1 Å². The van der Waals surface area contributed by atoms with Gasteiger partial charge in [0.15, 0.2) is 0 Å².